The van der Waals surface area contributed by atoms with Gasteiger partial charge in [-0.05, 0) is 38.5 Å². The van der Waals surface area contributed by atoms with E-state index in [1.54, 1.807) is 0 Å². The molecule has 0 aliphatic carbocycles. The number of rotatable bonds is 29. The van der Waals surface area contributed by atoms with Gasteiger partial charge in [-0.25, -0.2) is 4.57 Å². The fourth-order valence-electron chi connectivity index (χ4n) is 4.02. The van der Waals surface area contributed by atoms with E-state index in [2.05, 4.69) is 31.3 Å². The summed E-state index contributed by atoms with van der Waals surface area (Å²) in [4.78, 5) is 33.2. The Bertz CT molecular complexity index is 689. The van der Waals surface area contributed by atoms with Crippen molar-refractivity contribution in [2.45, 2.75) is 142 Å². The van der Waals surface area contributed by atoms with Crippen molar-refractivity contribution in [3.8, 4) is 0 Å². The third-order valence-electron chi connectivity index (χ3n) is 6.45. The molecule has 0 radical (unpaired) electrons. The second-order valence-corrected chi connectivity index (χ2v) is 11.9. The lowest BCUT2D eigenvalue weighted by Gasteiger charge is -2.15. The predicted molar refractivity (Wildman–Crippen MR) is 160 cm³/mol. The van der Waals surface area contributed by atoms with Gasteiger partial charge in [-0.2, -0.15) is 0 Å². The van der Waals surface area contributed by atoms with Gasteiger partial charge in [0.05, 0.1) is 13.2 Å². The molecule has 2 atom stereocenters. The molecule has 10 heteroatoms. The van der Waals surface area contributed by atoms with Crippen LogP contribution in [-0.4, -0.2) is 54.3 Å². The first-order valence-corrected chi connectivity index (χ1v) is 17.2. The van der Waals surface area contributed by atoms with Gasteiger partial charge < -0.3 is 20.1 Å². The quantitative estimate of drug-likeness (QED) is 0.0362. The lowest BCUT2D eigenvalue weighted by molar-refractivity contribution is -0.147. The maximum atomic E-state index is 11.9. The highest BCUT2D eigenvalue weighted by atomic mass is 31.2. The number of ether oxygens (including phenoxy) is 1. The number of hydrogen-bond acceptors (Lipinski definition) is 7. The maximum absolute atomic E-state index is 11.9. The molecule has 0 aromatic carbocycles. The van der Waals surface area contributed by atoms with Crippen molar-refractivity contribution in [2.75, 3.05) is 26.4 Å². The Balaban J connectivity index is 3.64. The van der Waals surface area contributed by atoms with E-state index < -0.39 is 26.5 Å². The average molecular weight is 592 g/mol. The Kier molecular flexibility index (Phi) is 27.0. The lowest BCUT2D eigenvalue weighted by Crippen LogP contribution is -2.27. The molecule has 0 spiro atoms. The Morgan fingerprint density at radius 3 is 1.90 bits per heavy atom. The third kappa shape index (κ3) is 28.3. The zero-order chi connectivity index (χ0) is 29.7. The number of carbonyl (C=O) groups is 2. The molecular formula is C30H58NO8P. The van der Waals surface area contributed by atoms with Crippen LogP contribution in [0, 0.1) is 0 Å². The standard InChI is InChI=1S/C30H58NO8P/c1-3-5-7-9-10-11-12-13-14-15-16-17-18-19-21-23-30(34)37-26-28(32)27-39-40(35,36)38-25-24-31-29(33)22-20-8-6-4-2/h13-14,28,32H,3-12,15-27H2,1-2H3,(H,31,33)(H,35,36)/b14-13-. The fourth-order valence-corrected chi connectivity index (χ4v) is 4.78. The molecule has 0 saturated carbocycles. The second-order valence-electron chi connectivity index (χ2n) is 10.4. The molecule has 0 fully saturated rings. The number of aliphatic hydroxyl groups is 1. The Morgan fingerprint density at radius 1 is 0.750 bits per heavy atom. The van der Waals surface area contributed by atoms with Gasteiger partial charge in [0.25, 0.3) is 0 Å². The van der Waals surface area contributed by atoms with Crippen molar-refractivity contribution in [2.24, 2.45) is 0 Å². The summed E-state index contributed by atoms with van der Waals surface area (Å²) in [7, 11) is -4.39. The molecule has 2 unspecified atom stereocenters. The molecule has 0 saturated heterocycles. The first kappa shape index (κ1) is 38.8. The molecule has 1 amide bonds. The van der Waals surface area contributed by atoms with Crippen molar-refractivity contribution >= 4 is 19.7 Å². The molecule has 40 heavy (non-hydrogen) atoms. The highest BCUT2D eigenvalue weighted by Crippen LogP contribution is 2.42. The summed E-state index contributed by atoms with van der Waals surface area (Å²) in [6.07, 6.45) is 23.4. The molecule has 0 aliphatic rings. The molecule has 0 bridgehead atoms. The Labute approximate surface area is 243 Å². The number of phosphoric ester groups is 1. The summed E-state index contributed by atoms with van der Waals surface area (Å²) >= 11 is 0. The van der Waals surface area contributed by atoms with Crippen LogP contribution in [0.15, 0.2) is 12.2 Å². The van der Waals surface area contributed by atoms with Gasteiger partial charge in [-0.15, -0.1) is 0 Å². The zero-order valence-electron chi connectivity index (χ0n) is 25.3. The minimum Gasteiger partial charge on any atom is -0.463 e. The van der Waals surface area contributed by atoms with E-state index in [9.17, 15) is 24.2 Å². The third-order valence-corrected chi connectivity index (χ3v) is 7.43. The van der Waals surface area contributed by atoms with Crippen LogP contribution in [0.5, 0.6) is 0 Å². The predicted octanol–water partition coefficient (Wildman–Crippen LogP) is 7.15. The molecule has 0 aromatic rings. The minimum absolute atomic E-state index is 0.0804. The van der Waals surface area contributed by atoms with Crippen LogP contribution >= 0.6 is 7.82 Å². The molecule has 0 heterocycles. The number of phosphoric acid groups is 1. The number of aliphatic hydroxyl groups excluding tert-OH is 1. The van der Waals surface area contributed by atoms with Crippen LogP contribution in [0.2, 0.25) is 0 Å². The molecule has 3 N–H and O–H groups in total. The number of nitrogens with one attached hydrogen (secondary N) is 1. The number of carbonyl (C=O) groups excluding carboxylic acids is 2. The summed E-state index contributed by atoms with van der Waals surface area (Å²) in [5, 5.41) is 12.5. The maximum Gasteiger partial charge on any atom is 0.472 e. The van der Waals surface area contributed by atoms with Crippen molar-refractivity contribution in [1.82, 2.24) is 5.32 Å². The van der Waals surface area contributed by atoms with Gasteiger partial charge in [-0.3, -0.25) is 18.6 Å². The van der Waals surface area contributed by atoms with E-state index in [4.69, 9.17) is 13.8 Å². The summed E-state index contributed by atoms with van der Waals surface area (Å²) < 4.78 is 26.4. The van der Waals surface area contributed by atoms with E-state index in [0.717, 1.165) is 64.2 Å². The summed E-state index contributed by atoms with van der Waals surface area (Å²) in [6.45, 7) is 3.38. The highest BCUT2D eigenvalue weighted by Gasteiger charge is 2.23. The van der Waals surface area contributed by atoms with Crippen molar-refractivity contribution in [3.63, 3.8) is 0 Å². The number of unbranched alkanes of at least 4 members (excludes halogenated alkanes) is 14. The molecule has 0 aromatic heterocycles. The first-order valence-electron chi connectivity index (χ1n) is 15.7. The molecule has 9 nitrogen and oxygen atoms in total. The zero-order valence-corrected chi connectivity index (χ0v) is 26.2. The van der Waals surface area contributed by atoms with Gasteiger partial charge in [0, 0.05) is 19.4 Å². The molecular weight excluding hydrogens is 533 g/mol. The van der Waals surface area contributed by atoms with E-state index in [1.807, 2.05) is 0 Å². The highest BCUT2D eigenvalue weighted by molar-refractivity contribution is 7.47. The van der Waals surface area contributed by atoms with Crippen LogP contribution < -0.4 is 5.32 Å². The number of allylic oxidation sites excluding steroid dienone is 2. The number of esters is 1. The normalized spacial score (nSPS) is 13.8. The minimum atomic E-state index is -4.39. The SMILES string of the molecule is CCCCCCCC/C=C\CCCCCCCC(=O)OCC(O)COP(=O)(O)OCCNC(=O)CCCCCC. The number of hydrogen-bond donors (Lipinski definition) is 3. The van der Waals surface area contributed by atoms with Crippen LogP contribution in [-0.2, 0) is 27.9 Å². The second kappa shape index (κ2) is 27.9. The van der Waals surface area contributed by atoms with Crippen LogP contribution in [0.25, 0.3) is 0 Å². The lowest BCUT2D eigenvalue weighted by atomic mass is 10.1. The van der Waals surface area contributed by atoms with Gasteiger partial charge >= 0.3 is 13.8 Å². The molecule has 236 valence electrons. The largest absolute Gasteiger partial charge is 0.472 e. The smallest absolute Gasteiger partial charge is 0.463 e. The van der Waals surface area contributed by atoms with Gasteiger partial charge in [0.1, 0.15) is 12.7 Å². The van der Waals surface area contributed by atoms with E-state index in [-0.39, 0.29) is 32.1 Å². The number of amides is 1. The summed E-state index contributed by atoms with van der Waals surface area (Å²) in [6, 6.07) is 0. The summed E-state index contributed by atoms with van der Waals surface area (Å²) in [5.41, 5.74) is 0. The first-order chi connectivity index (χ1) is 19.3. The van der Waals surface area contributed by atoms with Crippen LogP contribution in [0.3, 0.4) is 0 Å². The van der Waals surface area contributed by atoms with Gasteiger partial charge in [-0.1, -0.05) is 96.6 Å². The van der Waals surface area contributed by atoms with Gasteiger partial charge in [0.2, 0.25) is 5.91 Å². The summed E-state index contributed by atoms with van der Waals surface area (Å²) in [5.74, 6) is -0.544. The van der Waals surface area contributed by atoms with Crippen LogP contribution in [0.4, 0.5) is 0 Å². The molecule has 0 rings (SSSR count). The monoisotopic (exact) mass is 591 g/mol. The van der Waals surface area contributed by atoms with Crippen LogP contribution in [0.1, 0.15) is 136 Å². The van der Waals surface area contributed by atoms with Crippen molar-refractivity contribution in [3.05, 3.63) is 12.2 Å². The Hall–Kier alpha value is -1.25. The van der Waals surface area contributed by atoms with Gasteiger partial charge in [0.15, 0.2) is 0 Å². The van der Waals surface area contributed by atoms with E-state index in [0.29, 0.717) is 6.42 Å². The fraction of sp³-hybridized carbons (Fsp3) is 0.867. The topological polar surface area (TPSA) is 131 Å². The average Bonchev–Trinajstić information content (AvgIpc) is 2.93. The van der Waals surface area contributed by atoms with E-state index in [1.165, 1.54) is 44.9 Å². The van der Waals surface area contributed by atoms with Crippen molar-refractivity contribution in [1.29, 1.82) is 0 Å². The Morgan fingerprint density at radius 2 is 1.27 bits per heavy atom. The molecule has 0 aliphatic heterocycles. The van der Waals surface area contributed by atoms with E-state index >= 15 is 0 Å². The van der Waals surface area contributed by atoms with Crippen molar-refractivity contribution < 1.29 is 37.9 Å².